The fraction of sp³-hybridized carbons (Fsp3) is 0.0938. The van der Waals surface area contributed by atoms with Crippen molar-refractivity contribution in [1.29, 1.82) is 0 Å². The van der Waals surface area contributed by atoms with Crippen LogP contribution in [0.3, 0.4) is 0 Å². The zero-order valence-corrected chi connectivity index (χ0v) is 37.8. The third kappa shape index (κ3) is 6.31. The monoisotopic (exact) mass is 846 g/mol. The molecule has 0 heterocycles. The van der Waals surface area contributed by atoms with Gasteiger partial charge in [0.1, 0.15) is 0 Å². The molecule has 0 N–H and O–H groups in total. The maximum Gasteiger partial charge on any atom is 0.0465 e. The van der Waals surface area contributed by atoms with Crippen LogP contribution in [0.2, 0.25) is 0 Å². The zero-order chi connectivity index (χ0) is 44.6. The van der Waals surface area contributed by atoms with Crippen LogP contribution in [0.5, 0.6) is 0 Å². The number of nitrogens with zero attached hydrogens (tertiary/aromatic N) is 2. The predicted molar refractivity (Wildman–Crippen MR) is 279 cm³/mol. The topological polar surface area (TPSA) is 6.48 Å². The van der Waals surface area contributed by atoms with Gasteiger partial charge in [-0.25, -0.2) is 0 Å². The van der Waals surface area contributed by atoms with Crippen LogP contribution in [0.1, 0.15) is 49.9 Å². The van der Waals surface area contributed by atoms with Crippen molar-refractivity contribution in [2.75, 3.05) is 9.80 Å². The Hall–Kier alpha value is -7.94. The lowest BCUT2D eigenvalue weighted by Gasteiger charge is -2.37. The quantitative estimate of drug-likeness (QED) is 0.150. The first-order chi connectivity index (χ1) is 32.3. The average Bonchev–Trinajstić information content (AvgIpc) is 3.60. The highest BCUT2D eigenvalue weighted by Gasteiger charge is 2.41. The summed E-state index contributed by atoms with van der Waals surface area (Å²) in [4.78, 5) is 4.80. The molecular weight excluding hydrogens is 797 g/mol. The van der Waals surface area contributed by atoms with Crippen LogP contribution < -0.4 is 9.80 Å². The Labute approximate surface area is 388 Å². The average molecular weight is 847 g/mol. The minimum atomic E-state index is -0.251. The van der Waals surface area contributed by atoms with Crippen LogP contribution in [-0.4, -0.2) is 0 Å². The van der Waals surface area contributed by atoms with Gasteiger partial charge < -0.3 is 9.80 Å². The molecular formula is C64H50N2. The summed E-state index contributed by atoms with van der Waals surface area (Å²) in [7, 11) is 0. The van der Waals surface area contributed by atoms with Gasteiger partial charge in [-0.15, -0.1) is 0 Å². The second-order valence-corrected chi connectivity index (χ2v) is 19.0. The highest BCUT2D eigenvalue weighted by atomic mass is 15.1. The molecule has 66 heavy (non-hydrogen) atoms. The number of para-hydroxylation sites is 2. The van der Waals surface area contributed by atoms with Gasteiger partial charge >= 0.3 is 0 Å². The molecule has 0 saturated carbocycles. The summed E-state index contributed by atoms with van der Waals surface area (Å²) in [6, 6.07) is 84.7. The fourth-order valence-corrected chi connectivity index (χ4v) is 11.0. The van der Waals surface area contributed by atoms with Gasteiger partial charge in [-0.2, -0.15) is 0 Å². The van der Waals surface area contributed by atoms with Crippen LogP contribution in [0.25, 0.3) is 55.3 Å². The molecule has 2 aliphatic carbocycles. The van der Waals surface area contributed by atoms with Crippen molar-refractivity contribution < 1.29 is 0 Å². The minimum Gasteiger partial charge on any atom is -0.310 e. The third-order valence-corrected chi connectivity index (χ3v) is 14.4. The van der Waals surface area contributed by atoms with Crippen molar-refractivity contribution in [2.24, 2.45) is 0 Å². The first-order valence-corrected chi connectivity index (χ1v) is 23.2. The van der Waals surface area contributed by atoms with E-state index >= 15 is 0 Å². The van der Waals surface area contributed by atoms with Gasteiger partial charge in [-0.3, -0.25) is 0 Å². The summed E-state index contributed by atoms with van der Waals surface area (Å²) in [6.07, 6.45) is 0. The Morgan fingerprint density at radius 1 is 0.273 bits per heavy atom. The van der Waals surface area contributed by atoms with Gasteiger partial charge in [0.25, 0.3) is 0 Å². The lowest BCUT2D eigenvalue weighted by molar-refractivity contribution is 0.644. The maximum atomic E-state index is 2.54. The van der Waals surface area contributed by atoms with E-state index in [1.807, 2.05) is 0 Å². The predicted octanol–water partition coefficient (Wildman–Crippen LogP) is 17.7. The van der Waals surface area contributed by atoms with Crippen LogP contribution in [0.15, 0.2) is 231 Å². The van der Waals surface area contributed by atoms with E-state index in [0.717, 1.165) is 34.1 Å². The first-order valence-electron chi connectivity index (χ1n) is 23.2. The number of fused-ring (bicyclic) bond motifs is 6. The molecule has 0 spiro atoms. The lowest BCUT2D eigenvalue weighted by atomic mass is 9.67. The molecule has 0 fully saturated rings. The van der Waals surface area contributed by atoms with Gasteiger partial charge in [0.05, 0.1) is 0 Å². The highest BCUT2D eigenvalue weighted by molar-refractivity contribution is 6.13. The van der Waals surface area contributed by atoms with E-state index in [1.54, 1.807) is 0 Å². The van der Waals surface area contributed by atoms with Gasteiger partial charge in [0, 0.05) is 45.0 Å². The van der Waals surface area contributed by atoms with Crippen LogP contribution >= 0.6 is 0 Å². The lowest BCUT2D eigenvalue weighted by Crippen LogP contribution is -2.25. The summed E-state index contributed by atoms with van der Waals surface area (Å²) in [5, 5.41) is 2.71. The molecule has 0 amide bonds. The maximum absolute atomic E-state index is 2.54. The Balaban J connectivity index is 0.976. The molecule has 10 aromatic rings. The third-order valence-electron chi connectivity index (χ3n) is 14.4. The van der Waals surface area contributed by atoms with E-state index in [1.165, 1.54) is 77.5 Å². The summed E-state index contributed by atoms with van der Waals surface area (Å²) in [6.45, 7) is 9.67. The number of benzene rings is 10. The van der Waals surface area contributed by atoms with Gasteiger partial charge in [0.2, 0.25) is 0 Å². The largest absolute Gasteiger partial charge is 0.310 e. The number of rotatable bonds is 8. The van der Waals surface area contributed by atoms with Crippen LogP contribution in [0, 0.1) is 0 Å². The molecule has 316 valence electrons. The van der Waals surface area contributed by atoms with Crippen molar-refractivity contribution in [2.45, 2.75) is 38.5 Å². The summed E-state index contributed by atoms with van der Waals surface area (Å²) in [5.41, 5.74) is 22.0. The second-order valence-electron chi connectivity index (χ2n) is 19.0. The first kappa shape index (κ1) is 39.6. The van der Waals surface area contributed by atoms with Gasteiger partial charge in [-0.05, 0) is 156 Å². The van der Waals surface area contributed by atoms with Crippen molar-refractivity contribution in [3.05, 3.63) is 253 Å². The Bertz CT molecular complexity index is 3430. The molecule has 0 bridgehead atoms. The Kier molecular flexibility index (Phi) is 9.22. The molecule has 0 unspecified atom stereocenters. The van der Waals surface area contributed by atoms with E-state index in [4.69, 9.17) is 0 Å². The molecule has 2 nitrogen and oxygen atoms in total. The van der Waals surface area contributed by atoms with Crippen molar-refractivity contribution in [1.82, 2.24) is 0 Å². The van der Waals surface area contributed by atoms with Crippen molar-refractivity contribution >= 4 is 44.9 Å². The number of anilines is 6. The molecule has 0 atom stereocenters. The molecule has 2 aliphatic rings. The molecule has 2 heteroatoms. The van der Waals surface area contributed by atoms with E-state index in [9.17, 15) is 0 Å². The highest BCUT2D eigenvalue weighted by Crippen LogP contribution is 2.58. The summed E-state index contributed by atoms with van der Waals surface area (Å²) < 4.78 is 0. The molecule has 0 radical (unpaired) electrons. The van der Waals surface area contributed by atoms with E-state index in [-0.39, 0.29) is 10.8 Å². The standard InChI is InChI=1S/C64H50N2/c1-63(2)57-27-17-26-55-61-54-39-37-52(66(48-24-15-8-16-25-48)50-34-30-46(31-35-50)44-20-11-6-12-21-44)41-59(54)64(3,4)60(61)42-56(62(55)57)53-38-36-51(40-58(53)63)65(47-22-13-7-14-23-47)49-32-28-45(29-33-49)43-18-9-5-10-19-43/h5-42H,1-4H3. The van der Waals surface area contributed by atoms with Crippen molar-refractivity contribution in [3.8, 4) is 44.5 Å². The zero-order valence-electron chi connectivity index (χ0n) is 37.8. The fourth-order valence-electron chi connectivity index (χ4n) is 11.0. The summed E-state index contributed by atoms with van der Waals surface area (Å²) in [5.74, 6) is 0. The SMILES string of the molecule is CC1(C)c2cc(N(c3ccccc3)c3ccc(-c4ccccc4)cc3)ccc2-c2c1cc1c3c(cccc23)C(C)(C)c2cc(N(c3ccccc3)c3ccc(-c4ccccc4)cc3)ccc2-1. The molecule has 0 aromatic heterocycles. The van der Waals surface area contributed by atoms with Gasteiger partial charge in [0.15, 0.2) is 0 Å². The normalized spacial score (nSPS) is 13.7. The molecule has 0 aliphatic heterocycles. The van der Waals surface area contributed by atoms with Crippen LogP contribution in [-0.2, 0) is 10.8 Å². The van der Waals surface area contributed by atoms with E-state index in [0.29, 0.717) is 0 Å². The van der Waals surface area contributed by atoms with Crippen LogP contribution in [0.4, 0.5) is 34.1 Å². The Morgan fingerprint density at radius 2 is 0.667 bits per heavy atom. The molecule has 10 aromatic carbocycles. The van der Waals surface area contributed by atoms with E-state index < -0.39 is 0 Å². The van der Waals surface area contributed by atoms with E-state index in [2.05, 4.69) is 268 Å². The van der Waals surface area contributed by atoms with Gasteiger partial charge in [-0.1, -0.05) is 179 Å². The number of hydrogen-bond donors (Lipinski definition) is 0. The second kappa shape index (κ2) is 15.4. The summed E-state index contributed by atoms with van der Waals surface area (Å²) >= 11 is 0. The Morgan fingerprint density at radius 3 is 1.17 bits per heavy atom. The molecule has 0 saturated heterocycles. The molecule has 12 rings (SSSR count). The minimum absolute atomic E-state index is 0.246. The smallest absolute Gasteiger partial charge is 0.0465 e. The van der Waals surface area contributed by atoms with Crippen molar-refractivity contribution in [3.63, 3.8) is 0 Å². The number of hydrogen-bond acceptors (Lipinski definition) is 2.